The Morgan fingerprint density at radius 1 is 1.20 bits per heavy atom. The fourth-order valence-electron chi connectivity index (χ4n) is 0.913. The van der Waals surface area contributed by atoms with E-state index in [1.807, 2.05) is 0 Å². The standard InChI is InChI=1S/C6H8N4/c1-2-10(3-1)6-8-4-7-5-9-6/h4-5H,1-3H2. The van der Waals surface area contributed by atoms with E-state index >= 15 is 0 Å². The first-order valence-corrected chi connectivity index (χ1v) is 3.34. The molecule has 1 aromatic rings. The van der Waals surface area contributed by atoms with Crippen molar-refractivity contribution in [2.75, 3.05) is 18.0 Å². The van der Waals surface area contributed by atoms with Gasteiger partial charge >= 0.3 is 0 Å². The van der Waals surface area contributed by atoms with Gasteiger partial charge in [0.05, 0.1) is 0 Å². The maximum atomic E-state index is 4.00. The van der Waals surface area contributed by atoms with Crippen LogP contribution in [0.15, 0.2) is 12.7 Å². The minimum atomic E-state index is 0.807. The third-order valence-corrected chi connectivity index (χ3v) is 1.62. The first-order valence-electron chi connectivity index (χ1n) is 3.34. The van der Waals surface area contributed by atoms with E-state index in [4.69, 9.17) is 0 Å². The van der Waals surface area contributed by atoms with Gasteiger partial charge in [-0.25, -0.2) is 15.0 Å². The highest BCUT2D eigenvalue weighted by Crippen LogP contribution is 2.12. The molecule has 52 valence electrons. The van der Waals surface area contributed by atoms with Crippen molar-refractivity contribution in [1.29, 1.82) is 0 Å². The van der Waals surface area contributed by atoms with Crippen molar-refractivity contribution in [1.82, 2.24) is 15.0 Å². The van der Waals surface area contributed by atoms with Crippen molar-refractivity contribution >= 4 is 5.95 Å². The minimum Gasteiger partial charge on any atom is -0.341 e. The number of nitrogens with zero attached hydrogens (tertiary/aromatic N) is 4. The topological polar surface area (TPSA) is 41.9 Å². The predicted octanol–water partition coefficient (Wildman–Crippen LogP) is 0.0817. The second-order valence-electron chi connectivity index (χ2n) is 2.28. The van der Waals surface area contributed by atoms with Crippen molar-refractivity contribution in [2.45, 2.75) is 6.42 Å². The van der Waals surface area contributed by atoms with Crippen LogP contribution in [0.3, 0.4) is 0 Å². The Morgan fingerprint density at radius 2 is 1.90 bits per heavy atom. The molecule has 0 bridgehead atoms. The Hall–Kier alpha value is -1.19. The molecule has 0 aromatic carbocycles. The molecule has 0 N–H and O–H groups in total. The molecule has 1 fully saturated rings. The third kappa shape index (κ3) is 0.814. The van der Waals surface area contributed by atoms with Crippen LogP contribution in [0.1, 0.15) is 6.42 Å². The molecule has 2 heterocycles. The lowest BCUT2D eigenvalue weighted by atomic mass is 10.2. The highest BCUT2D eigenvalue weighted by Gasteiger charge is 2.15. The molecule has 1 saturated heterocycles. The van der Waals surface area contributed by atoms with Gasteiger partial charge in [0.15, 0.2) is 0 Å². The molecule has 1 aliphatic rings. The van der Waals surface area contributed by atoms with Crippen LogP contribution in [0.25, 0.3) is 0 Å². The van der Waals surface area contributed by atoms with Crippen LogP contribution in [0.4, 0.5) is 5.95 Å². The van der Waals surface area contributed by atoms with Crippen LogP contribution in [-0.4, -0.2) is 28.0 Å². The van der Waals surface area contributed by atoms with Gasteiger partial charge in [-0.2, -0.15) is 0 Å². The zero-order chi connectivity index (χ0) is 6.81. The van der Waals surface area contributed by atoms with Crippen LogP contribution in [0.2, 0.25) is 0 Å². The molecule has 1 aromatic heterocycles. The van der Waals surface area contributed by atoms with Crippen LogP contribution >= 0.6 is 0 Å². The van der Waals surface area contributed by atoms with Gasteiger partial charge < -0.3 is 4.90 Å². The molecular weight excluding hydrogens is 128 g/mol. The first kappa shape index (κ1) is 5.58. The van der Waals surface area contributed by atoms with E-state index < -0.39 is 0 Å². The van der Waals surface area contributed by atoms with Crippen LogP contribution < -0.4 is 4.90 Å². The summed E-state index contributed by atoms with van der Waals surface area (Å²) in [4.78, 5) is 13.9. The fraction of sp³-hybridized carbons (Fsp3) is 0.500. The largest absolute Gasteiger partial charge is 0.341 e. The normalized spacial score (nSPS) is 16.6. The summed E-state index contributed by atoms with van der Waals surface area (Å²) in [5, 5.41) is 0. The maximum absolute atomic E-state index is 4.00. The summed E-state index contributed by atoms with van der Waals surface area (Å²) in [5.74, 6) is 0.807. The first-order chi connectivity index (χ1) is 4.97. The monoisotopic (exact) mass is 136 g/mol. The zero-order valence-corrected chi connectivity index (χ0v) is 5.56. The van der Waals surface area contributed by atoms with E-state index in [9.17, 15) is 0 Å². The summed E-state index contributed by atoms with van der Waals surface area (Å²) in [6.07, 6.45) is 4.31. The van der Waals surface area contributed by atoms with Crippen molar-refractivity contribution in [3.8, 4) is 0 Å². The fourth-order valence-corrected chi connectivity index (χ4v) is 0.913. The van der Waals surface area contributed by atoms with Gasteiger partial charge in [-0.3, -0.25) is 0 Å². The van der Waals surface area contributed by atoms with E-state index in [1.165, 1.54) is 19.1 Å². The van der Waals surface area contributed by atoms with Gasteiger partial charge in [0.25, 0.3) is 0 Å². The Labute approximate surface area is 58.9 Å². The number of aromatic nitrogens is 3. The highest BCUT2D eigenvalue weighted by atomic mass is 15.3. The van der Waals surface area contributed by atoms with Crippen molar-refractivity contribution in [2.24, 2.45) is 0 Å². The van der Waals surface area contributed by atoms with Crippen molar-refractivity contribution in [3.63, 3.8) is 0 Å². The molecule has 0 spiro atoms. The maximum Gasteiger partial charge on any atom is 0.228 e. The lowest BCUT2D eigenvalue weighted by molar-refractivity contribution is 0.598. The average Bonchev–Trinajstić information content (AvgIpc) is 1.86. The van der Waals surface area contributed by atoms with Crippen molar-refractivity contribution in [3.05, 3.63) is 12.7 Å². The highest BCUT2D eigenvalue weighted by molar-refractivity contribution is 5.30. The Morgan fingerprint density at radius 3 is 2.40 bits per heavy atom. The third-order valence-electron chi connectivity index (χ3n) is 1.62. The molecule has 0 atom stereocenters. The summed E-state index contributed by atoms with van der Waals surface area (Å²) < 4.78 is 0. The van der Waals surface area contributed by atoms with Crippen LogP contribution in [0, 0.1) is 0 Å². The van der Waals surface area contributed by atoms with Gasteiger partial charge in [0, 0.05) is 13.1 Å². The zero-order valence-electron chi connectivity index (χ0n) is 5.56. The van der Waals surface area contributed by atoms with E-state index in [0.717, 1.165) is 19.0 Å². The molecule has 1 aliphatic heterocycles. The Bertz CT molecular complexity index is 206. The van der Waals surface area contributed by atoms with Gasteiger partial charge in [-0.15, -0.1) is 0 Å². The van der Waals surface area contributed by atoms with E-state index in [2.05, 4.69) is 19.9 Å². The molecule has 4 heteroatoms. The quantitative estimate of drug-likeness (QED) is 0.548. The molecule has 0 aliphatic carbocycles. The average molecular weight is 136 g/mol. The van der Waals surface area contributed by atoms with Gasteiger partial charge in [-0.05, 0) is 6.42 Å². The molecule has 10 heavy (non-hydrogen) atoms. The van der Waals surface area contributed by atoms with Gasteiger partial charge in [-0.1, -0.05) is 0 Å². The number of hydrogen-bond donors (Lipinski definition) is 0. The molecule has 0 amide bonds. The molecule has 0 radical (unpaired) electrons. The van der Waals surface area contributed by atoms with Gasteiger partial charge in [0.2, 0.25) is 5.95 Å². The number of rotatable bonds is 1. The Kier molecular flexibility index (Phi) is 1.23. The second kappa shape index (κ2) is 2.21. The number of hydrogen-bond acceptors (Lipinski definition) is 4. The van der Waals surface area contributed by atoms with Crippen LogP contribution in [0.5, 0.6) is 0 Å². The van der Waals surface area contributed by atoms with E-state index in [-0.39, 0.29) is 0 Å². The summed E-state index contributed by atoms with van der Waals surface area (Å²) in [6, 6.07) is 0. The van der Waals surface area contributed by atoms with Gasteiger partial charge in [0.1, 0.15) is 12.7 Å². The summed E-state index contributed by atoms with van der Waals surface area (Å²) in [7, 11) is 0. The number of anilines is 1. The Balaban J connectivity index is 2.18. The molecular formula is C6H8N4. The molecule has 0 saturated carbocycles. The molecule has 4 nitrogen and oxygen atoms in total. The summed E-state index contributed by atoms with van der Waals surface area (Å²) >= 11 is 0. The minimum absolute atomic E-state index is 0.807. The lowest BCUT2D eigenvalue weighted by Gasteiger charge is -2.30. The van der Waals surface area contributed by atoms with Crippen LogP contribution in [-0.2, 0) is 0 Å². The van der Waals surface area contributed by atoms with E-state index in [1.54, 1.807) is 0 Å². The lowest BCUT2D eigenvalue weighted by Crippen LogP contribution is -2.38. The molecule has 0 unspecified atom stereocenters. The van der Waals surface area contributed by atoms with Crippen molar-refractivity contribution < 1.29 is 0 Å². The summed E-state index contributed by atoms with van der Waals surface area (Å²) in [5.41, 5.74) is 0. The predicted molar refractivity (Wildman–Crippen MR) is 36.7 cm³/mol. The SMILES string of the molecule is c1ncnc(N2CCC2)n1. The smallest absolute Gasteiger partial charge is 0.228 e. The molecule has 2 rings (SSSR count). The second-order valence-corrected chi connectivity index (χ2v) is 2.28. The van der Waals surface area contributed by atoms with E-state index in [0.29, 0.717) is 0 Å². The summed E-state index contributed by atoms with van der Waals surface area (Å²) in [6.45, 7) is 2.17.